The molecule has 0 aromatic carbocycles. The van der Waals surface area contributed by atoms with Crippen molar-refractivity contribution in [2.24, 2.45) is 5.92 Å². The van der Waals surface area contributed by atoms with Crippen LogP contribution in [0.4, 0.5) is 0 Å². The quantitative estimate of drug-likeness (QED) is 0.303. The normalized spacial score (nSPS) is 38.5. The maximum atomic E-state index is 12.4. The highest BCUT2D eigenvalue weighted by Gasteiger charge is 2.57. The number of aliphatic hydroxyl groups is 5. The average molecular weight is 346 g/mol. The van der Waals surface area contributed by atoms with Gasteiger partial charge >= 0.3 is 0 Å². The van der Waals surface area contributed by atoms with Gasteiger partial charge in [-0.15, -0.1) is 0 Å². The van der Waals surface area contributed by atoms with Crippen LogP contribution in [-0.2, 0) is 14.3 Å². The first-order valence-electron chi connectivity index (χ1n) is 8.42. The molecule has 24 heavy (non-hydrogen) atoms. The Morgan fingerprint density at radius 1 is 1.00 bits per heavy atom. The summed E-state index contributed by atoms with van der Waals surface area (Å²) in [6.45, 7) is -0.767. The highest BCUT2D eigenvalue weighted by molar-refractivity contribution is 6.03. The van der Waals surface area contributed by atoms with Crippen LogP contribution in [0.15, 0.2) is 0 Å². The van der Waals surface area contributed by atoms with E-state index < -0.39 is 49.0 Å². The lowest BCUT2D eigenvalue weighted by atomic mass is 9.86. The van der Waals surface area contributed by atoms with E-state index in [1.807, 2.05) is 0 Å². The van der Waals surface area contributed by atoms with E-state index in [2.05, 4.69) is 0 Å². The Balaban J connectivity index is 2.07. The molecule has 1 saturated carbocycles. The molecule has 0 amide bonds. The van der Waals surface area contributed by atoms with Gasteiger partial charge in [-0.3, -0.25) is 9.59 Å². The van der Waals surface area contributed by atoms with Crippen molar-refractivity contribution in [2.45, 2.75) is 75.1 Å². The first-order valence-corrected chi connectivity index (χ1v) is 8.42. The summed E-state index contributed by atoms with van der Waals surface area (Å²) in [6.07, 6.45) is -2.42. The second kappa shape index (κ2) is 7.99. The van der Waals surface area contributed by atoms with Gasteiger partial charge < -0.3 is 30.3 Å². The topological polar surface area (TPSA) is 145 Å². The Kier molecular flexibility index (Phi) is 6.46. The van der Waals surface area contributed by atoms with Crippen molar-refractivity contribution in [3.05, 3.63) is 0 Å². The van der Waals surface area contributed by atoms with Gasteiger partial charge in [0.25, 0.3) is 5.79 Å². The molecule has 0 spiro atoms. The zero-order chi connectivity index (χ0) is 17.9. The molecule has 8 nitrogen and oxygen atoms in total. The molecule has 5 unspecified atom stereocenters. The SMILES string of the molecule is O=C(CC(=O)C1(O)OC(CO)C(O)C(O)C1O)C1CCCCCC1. The number of rotatable bonds is 5. The van der Waals surface area contributed by atoms with Crippen molar-refractivity contribution >= 4 is 11.6 Å². The van der Waals surface area contributed by atoms with Gasteiger partial charge in [0.15, 0.2) is 0 Å². The summed E-state index contributed by atoms with van der Waals surface area (Å²) >= 11 is 0. The van der Waals surface area contributed by atoms with Gasteiger partial charge in [-0.2, -0.15) is 0 Å². The van der Waals surface area contributed by atoms with Crippen LogP contribution < -0.4 is 0 Å². The molecular formula is C16H26O8. The molecule has 5 atom stereocenters. The minimum atomic E-state index is -2.83. The van der Waals surface area contributed by atoms with E-state index in [0.717, 1.165) is 25.7 Å². The van der Waals surface area contributed by atoms with E-state index >= 15 is 0 Å². The van der Waals surface area contributed by atoms with Crippen LogP contribution in [0.5, 0.6) is 0 Å². The fourth-order valence-corrected chi connectivity index (χ4v) is 3.41. The third-order valence-electron chi connectivity index (χ3n) is 5.01. The van der Waals surface area contributed by atoms with Crippen molar-refractivity contribution in [2.75, 3.05) is 6.61 Å². The lowest BCUT2D eigenvalue weighted by molar-refractivity contribution is -0.330. The van der Waals surface area contributed by atoms with Crippen LogP contribution >= 0.6 is 0 Å². The Labute approximate surface area is 140 Å². The molecule has 0 bridgehead atoms. The molecule has 2 aliphatic rings. The summed E-state index contributed by atoms with van der Waals surface area (Å²) in [6, 6.07) is 0. The zero-order valence-electron chi connectivity index (χ0n) is 13.5. The van der Waals surface area contributed by atoms with Crippen LogP contribution in [0.2, 0.25) is 0 Å². The summed E-state index contributed by atoms with van der Waals surface area (Å²) < 4.78 is 4.94. The summed E-state index contributed by atoms with van der Waals surface area (Å²) in [5.74, 6) is -4.49. The monoisotopic (exact) mass is 346 g/mol. The Morgan fingerprint density at radius 2 is 1.58 bits per heavy atom. The van der Waals surface area contributed by atoms with Gasteiger partial charge in [-0.25, -0.2) is 0 Å². The number of hydrogen-bond acceptors (Lipinski definition) is 8. The van der Waals surface area contributed by atoms with Crippen molar-refractivity contribution in [1.29, 1.82) is 0 Å². The van der Waals surface area contributed by atoms with Crippen molar-refractivity contribution < 1.29 is 39.9 Å². The molecule has 0 aromatic rings. The standard InChI is InChI=1S/C16H26O8/c17-8-11-13(20)14(21)15(22)16(23,24-11)12(19)7-10(18)9-5-3-1-2-4-6-9/h9,11,13-15,17,20-23H,1-8H2. The molecular weight excluding hydrogens is 320 g/mol. The lowest BCUT2D eigenvalue weighted by Crippen LogP contribution is -2.68. The van der Waals surface area contributed by atoms with Gasteiger partial charge in [-0.1, -0.05) is 25.7 Å². The van der Waals surface area contributed by atoms with Crippen molar-refractivity contribution in [3.63, 3.8) is 0 Å². The Morgan fingerprint density at radius 3 is 2.12 bits per heavy atom. The summed E-state index contributed by atoms with van der Waals surface area (Å²) in [4.78, 5) is 24.7. The zero-order valence-corrected chi connectivity index (χ0v) is 13.5. The Bertz CT molecular complexity index is 457. The predicted molar refractivity (Wildman–Crippen MR) is 80.8 cm³/mol. The van der Waals surface area contributed by atoms with E-state index in [4.69, 9.17) is 9.84 Å². The molecule has 0 aromatic heterocycles. The van der Waals surface area contributed by atoms with Gasteiger partial charge in [-0.05, 0) is 12.8 Å². The fourth-order valence-electron chi connectivity index (χ4n) is 3.41. The van der Waals surface area contributed by atoms with E-state index in [9.17, 15) is 30.0 Å². The van der Waals surface area contributed by atoms with Gasteiger partial charge in [0.05, 0.1) is 13.0 Å². The molecule has 1 saturated heterocycles. The first-order chi connectivity index (χ1) is 11.3. The van der Waals surface area contributed by atoms with Crippen LogP contribution in [0.3, 0.4) is 0 Å². The summed E-state index contributed by atoms with van der Waals surface area (Å²) in [5.41, 5.74) is 0. The van der Waals surface area contributed by atoms with Crippen LogP contribution in [0, 0.1) is 5.92 Å². The van der Waals surface area contributed by atoms with Gasteiger partial charge in [0, 0.05) is 5.92 Å². The van der Waals surface area contributed by atoms with Gasteiger partial charge in [0.1, 0.15) is 30.2 Å². The number of aliphatic hydroxyl groups excluding tert-OH is 4. The predicted octanol–water partition coefficient (Wildman–Crippen LogP) is -1.35. The van der Waals surface area contributed by atoms with E-state index in [0.29, 0.717) is 12.8 Å². The maximum absolute atomic E-state index is 12.4. The van der Waals surface area contributed by atoms with Crippen molar-refractivity contribution in [1.82, 2.24) is 0 Å². The molecule has 0 radical (unpaired) electrons. The van der Waals surface area contributed by atoms with Crippen LogP contribution in [0.1, 0.15) is 44.9 Å². The number of hydrogen-bond donors (Lipinski definition) is 5. The van der Waals surface area contributed by atoms with Crippen molar-refractivity contribution in [3.8, 4) is 0 Å². The lowest BCUT2D eigenvalue weighted by Gasteiger charge is -2.44. The minimum absolute atomic E-state index is 0.259. The third kappa shape index (κ3) is 3.84. The third-order valence-corrected chi connectivity index (χ3v) is 5.01. The maximum Gasteiger partial charge on any atom is 0.257 e. The highest BCUT2D eigenvalue weighted by atomic mass is 16.7. The number of Topliss-reactive ketones (excluding diaryl/α,β-unsaturated/α-hetero) is 2. The van der Waals surface area contributed by atoms with E-state index in [-0.39, 0.29) is 11.7 Å². The first kappa shape index (κ1) is 19.4. The molecule has 1 aliphatic carbocycles. The van der Waals surface area contributed by atoms with Gasteiger partial charge in [0.2, 0.25) is 5.78 Å². The number of carbonyl (C=O) groups is 2. The Hall–Kier alpha value is -0.900. The average Bonchev–Trinajstić information content (AvgIpc) is 2.85. The number of ketones is 2. The molecule has 8 heteroatoms. The molecule has 1 heterocycles. The molecule has 138 valence electrons. The summed E-state index contributed by atoms with van der Waals surface area (Å²) in [7, 11) is 0. The second-order valence-corrected chi connectivity index (χ2v) is 6.72. The largest absolute Gasteiger partial charge is 0.394 e. The summed E-state index contributed by atoms with van der Waals surface area (Å²) in [5, 5.41) is 48.8. The van der Waals surface area contributed by atoms with Crippen LogP contribution in [0.25, 0.3) is 0 Å². The smallest absolute Gasteiger partial charge is 0.257 e. The molecule has 2 fully saturated rings. The molecule has 2 rings (SSSR count). The molecule has 5 N–H and O–H groups in total. The van der Waals surface area contributed by atoms with E-state index in [1.54, 1.807) is 0 Å². The molecule has 1 aliphatic heterocycles. The second-order valence-electron chi connectivity index (χ2n) is 6.72. The number of ether oxygens (including phenoxy) is 1. The van der Waals surface area contributed by atoms with E-state index in [1.165, 1.54) is 0 Å². The fraction of sp³-hybridized carbons (Fsp3) is 0.875. The minimum Gasteiger partial charge on any atom is -0.394 e. The highest BCUT2D eigenvalue weighted by Crippen LogP contribution is 2.31. The van der Waals surface area contributed by atoms with Crippen LogP contribution in [-0.4, -0.2) is 73.9 Å². The number of carbonyl (C=O) groups excluding carboxylic acids is 2.